The van der Waals surface area contributed by atoms with E-state index in [9.17, 15) is 14.0 Å². The first-order chi connectivity index (χ1) is 10.0. The summed E-state index contributed by atoms with van der Waals surface area (Å²) >= 11 is 5.87. The minimum Gasteiger partial charge on any atom is -0.469 e. The highest BCUT2D eigenvalue weighted by molar-refractivity contribution is 6.32. The van der Waals surface area contributed by atoms with E-state index in [1.54, 1.807) is 4.90 Å². The summed E-state index contributed by atoms with van der Waals surface area (Å²) < 4.78 is 17.9. The molecule has 1 fully saturated rings. The number of likely N-dealkylation sites (tertiary alicyclic amines) is 1. The van der Waals surface area contributed by atoms with Crippen LogP contribution in [0.5, 0.6) is 0 Å². The zero-order valence-corrected chi connectivity index (χ0v) is 12.4. The van der Waals surface area contributed by atoms with Gasteiger partial charge in [0.2, 0.25) is 0 Å². The molecule has 2 heterocycles. The smallest absolute Gasteiger partial charge is 0.307 e. The van der Waals surface area contributed by atoms with Crippen LogP contribution in [0.3, 0.4) is 0 Å². The maximum Gasteiger partial charge on any atom is 0.307 e. The molecule has 7 heteroatoms. The van der Waals surface area contributed by atoms with Gasteiger partial charge >= 0.3 is 5.97 Å². The maximum absolute atomic E-state index is 13.3. The van der Waals surface area contributed by atoms with Crippen LogP contribution in [0.25, 0.3) is 0 Å². The number of rotatable bonds is 3. The van der Waals surface area contributed by atoms with Gasteiger partial charge in [0.05, 0.1) is 25.3 Å². The number of hydrogen-bond donors (Lipinski definition) is 0. The summed E-state index contributed by atoms with van der Waals surface area (Å²) in [6.07, 6.45) is 3.56. The zero-order chi connectivity index (χ0) is 15.4. The van der Waals surface area contributed by atoms with Crippen molar-refractivity contribution in [1.82, 2.24) is 9.88 Å². The molecule has 21 heavy (non-hydrogen) atoms. The number of ether oxygens (including phenoxy) is 1. The van der Waals surface area contributed by atoms with Gasteiger partial charge in [0.1, 0.15) is 11.0 Å². The number of esters is 1. The summed E-state index contributed by atoms with van der Waals surface area (Å²) in [5.41, 5.74) is 0.0217. The van der Waals surface area contributed by atoms with E-state index in [0.717, 1.165) is 25.1 Å². The predicted molar refractivity (Wildman–Crippen MR) is 74.5 cm³/mol. The number of pyridine rings is 1. The molecule has 1 aromatic heterocycles. The lowest BCUT2D eigenvalue weighted by Crippen LogP contribution is -2.45. The first kappa shape index (κ1) is 15.7. The number of aromatic nitrogens is 1. The van der Waals surface area contributed by atoms with E-state index in [0.29, 0.717) is 13.0 Å². The SMILES string of the molecule is COC(=O)CC1CCCCN1C(=O)c1cc(F)cnc1Cl. The number of hydrogen-bond acceptors (Lipinski definition) is 4. The molecule has 1 aliphatic heterocycles. The molecule has 1 unspecified atom stereocenters. The van der Waals surface area contributed by atoms with Crippen molar-refractivity contribution in [2.45, 2.75) is 31.7 Å². The fraction of sp³-hybridized carbons (Fsp3) is 0.500. The molecule has 0 bridgehead atoms. The Hall–Kier alpha value is -1.69. The Bertz CT molecular complexity index is 553. The summed E-state index contributed by atoms with van der Waals surface area (Å²) in [5.74, 6) is -1.40. The second kappa shape index (κ2) is 6.85. The first-order valence-electron chi connectivity index (χ1n) is 6.71. The van der Waals surface area contributed by atoms with E-state index in [-0.39, 0.29) is 29.1 Å². The molecule has 1 aromatic rings. The fourth-order valence-corrected chi connectivity index (χ4v) is 2.67. The van der Waals surface area contributed by atoms with Crippen molar-refractivity contribution in [3.63, 3.8) is 0 Å². The molecule has 0 aromatic carbocycles. The average molecular weight is 315 g/mol. The highest BCUT2D eigenvalue weighted by atomic mass is 35.5. The lowest BCUT2D eigenvalue weighted by molar-refractivity contribution is -0.142. The Labute approximate surface area is 127 Å². The fourth-order valence-electron chi connectivity index (χ4n) is 2.48. The van der Waals surface area contributed by atoms with Gasteiger partial charge < -0.3 is 9.64 Å². The van der Waals surface area contributed by atoms with Crippen LogP contribution in [0.2, 0.25) is 5.15 Å². The van der Waals surface area contributed by atoms with E-state index in [1.807, 2.05) is 0 Å². The van der Waals surface area contributed by atoms with Gasteiger partial charge in [-0.25, -0.2) is 9.37 Å². The average Bonchev–Trinajstić information content (AvgIpc) is 2.49. The van der Waals surface area contributed by atoms with Crippen molar-refractivity contribution in [2.24, 2.45) is 0 Å². The van der Waals surface area contributed by atoms with Crippen molar-refractivity contribution in [2.75, 3.05) is 13.7 Å². The van der Waals surface area contributed by atoms with Gasteiger partial charge in [0, 0.05) is 12.6 Å². The summed E-state index contributed by atoms with van der Waals surface area (Å²) in [4.78, 5) is 29.2. The quantitative estimate of drug-likeness (QED) is 0.635. The molecule has 1 saturated heterocycles. The third-order valence-electron chi connectivity index (χ3n) is 3.55. The summed E-state index contributed by atoms with van der Waals surface area (Å²) in [7, 11) is 1.31. The van der Waals surface area contributed by atoms with Gasteiger partial charge in [-0.2, -0.15) is 0 Å². The monoisotopic (exact) mass is 314 g/mol. The minimum atomic E-state index is -0.621. The van der Waals surface area contributed by atoms with Gasteiger partial charge in [0.15, 0.2) is 0 Å². The number of amides is 1. The van der Waals surface area contributed by atoms with Crippen LogP contribution in [0.4, 0.5) is 4.39 Å². The molecule has 5 nitrogen and oxygen atoms in total. The molecule has 114 valence electrons. The van der Waals surface area contributed by atoms with E-state index in [4.69, 9.17) is 11.6 Å². The molecule has 0 spiro atoms. The Morgan fingerprint density at radius 2 is 2.29 bits per heavy atom. The van der Waals surface area contributed by atoms with Crippen LogP contribution >= 0.6 is 11.6 Å². The highest BCUT2D eigenvalue weighted by Gasteiger charge is 2.30. The lowest BCUT2D eigenvalue weighted by Gasteiger charge is -2.35. The zero-order valence-electron chi connectivity index (χ0n) is 11.6. The predicted octanol–water partition coefficient (Wildman–Crippen LogP) is 2.43. The topological polar surface area (TPSA) is 59.5 Å². The summed E-state index contributed by atoms with van der Waals surface area (Å²) in [6.45, 7) is 0.507. The van der Waals surface area contributed by atoms with Gasteiger partial charge in [-0.1, -0.05) is 11.6 Å². The van der Waals surface area contributed by atoms with Crippen molar-refractivity contribution in [1.29, 1.82) is 0 Å². The van der Waals surface area contributed by atoms with E-state index in [2.05, 4.69) is 9.72 Å². The molecule has 0 aliphatic carbocycles. The van der Waals surface area contributed by atoms with Crippen LogP contribution in [0.15, 0.2) is 12.3 Å². The van der Waals surface area contributed by atoms with Crippen molar-refractivity contribution in [3.8, 4) is 0 Å². The second-order valence-electron chi connectivity index (χ2n) is 4.92. The van der Waals surface area contributed by atoms with Crippen LogP contribution < -0.4 is 0 Å². The second-order valence-corrected chi connectivity index (χ2v) is 5.28. The molecule has 2 rings (SSSR count). The van der Waals surface area contributed by atoms with Crippen LogP contribution in [0.1, 0.15) is 36.0 Å². The third kappa shape index (κ3) is 3.69. The van der Waals surface area contributed by atoms with Gasteiger partial charge in [0.25, 0.3) is 5.91 Å². The van der Waals surface area contributed by atoms with Gasteiger partial charge in [-0.3, -0.25) is 9.59 Å². The van der Waals surface area contributed by atoms with Crippen molar-refractivity contribution >= 4 is 23.5 Å². The lowest BCUT2D eigenvalue weighted by atomic mass is 9.98. The minimum absolute atomic E-state index is 0.0217. The third-order valence-corrected chi connectivity index (χ3v) is 3.86. The molecule has 0 saturated carbocycles. The largest absolute Gasteiger partial charge is 0.469 e. The Kier molecular flexibility index (Phi) is 5.12. The summed E-state index contributed by atoms with van der Waals surface area (Å²) in [5, 5.41) is -0.0382. The van der Waals surface area contributed by atoms with Crippen LogP contribution in [-0.4, -0.2) is 41.5 Å². The molecular formula is C14H16ClFN2O3. The Morgan fingerprint density at radius 3 is 3.00 bits per heavy atom. The molecular weight excluding hydrogens is 299 g/mol. The standard InChI is InChI=1S/C14H16ClFN2O3/c1-21-12(19)7-10-4-2-3-5-18(10)14(20)11-6-9(16)8-17-13(11)15/h6,8,10H,2-5,7H2,1H3. The van der Waals surface area contributed by atoms with E-state index in [1.165, 1.54) is 7.11 Å². The first-order valence-corrected chi connectivity index (χ1v) is 7.09. The molecule has 0 N–H and O–H groups in total. The molecule has 1 aliphatic rings. The number of carbonyl (C=O) groups excluding carboxylic acids is 2. The number of carbonyl (C=O) groups is 2. The Morgan fingerprint density at radius 1 is 1.52 bits per heavy atom. The number of halogens is 2. The molecule has 1 atom stereocenters. The normalized spacial score (nSPS) is 18.4. The van der Waals surface area contributed by atoms with Crippen molar-refractivity contribution < 1.29 is 18.7 Å². The van der Waals surface area contributed by atoms with Gasteiger partial charge in [-0.05, 0) is 25.3 Å². The van der Waals surface area contributed by atoms with Crippen molar-refractivity contribution in [3.05, 3.63) is 28.8 Å². The van der Waals surface area contributed by atoms with E-state index < -0.39 is 11.7 Å². The van der Waals surface area contributed by atoms with E-state index >= 15 is 0 Å². The van der Waals surface area contributed by atoms with Gasteiger partial charge in [-0.15, -0.1) is 0 Å². The highest BCUT2D eigenvalue weighted by Crippen LogP contribution is 2.24. The number of methoxy groups -OCH3 is 1. The number of nitrogens with zero attached hydrogens (tertiary/aromatic N) is 2. The summed E-state index contributed by atoms with van der Waals surface area (Å²) in [6, 6.07) is 0.819. The van der Waals surface area contributed by atoms with Crippen LogP contribution in [-0.2, 0) is 9.53 Å². The Balaban J connectivity index is 2.22. The van der Waals surface area contributed by atoms with Crippen LogP contribution in [0, 0.1) is 5.82 Å². The maximum atomic E-state index is 13.3. The molecule has 1 amide bonds. The molecule has 0 radical (unpaired) electrons. The number of piperidine rings is 1.